The first-order valence-electron chi connectivity index (χ1n) is 6.25. The zero-order chi connectivity index (χ0) is 13.1. The fraction of sp³-hybridized carbons (Fsp3) is 0.500. The Labute approximate surface area is 116 Å². The fourth-order valence-corrected chi connectivity index (χ4v) is 2.76. The first-order valence-corrected chi connectivity index (χ1v) is 7.05. The van der Waals surface area contributed by atoms with Gasteiger partial charge in [-0.25, -0.2) is 0 Å². The largest absolute Gasteiger partial charge is 0.395 e. The van der Waals surface area contributed by atoms with Crippen molar-refractivity contribution < 1.29 is 9.90 Å². The summed E-state index contributed by atoms with van der Waals surface area (Å²) in [6, 6.07) is 7.55. The highest BCUT2D eigenvalue weighted by atomic mass is 79.9. The van der Waals surface area contributed by atoms with E-state index in [1.54, 1.807) is 0 Å². The number of aliphatic hydroxyl groups excluding tert-OH is 1. The van der Waals surface area contributed by atoms with E-state index in [2.05, 4.69) is 27.8 Å². The molecule has 1 aliphatic rings. The lowest BCUT2D eigenvalue weighted by molar-refractivity contribution is 0.0866. The van der Waals surface area contributed by atoms with Gasteiger partial charge in [-0.05, 0) is 31.0 Å². The summed E-state index contributed by atoms with van der Waals surface area (Å²) in [4.78, 5) is 14.2. The number of hydrogen-bond acceptors (Lipinski definition) is 3. The van der Waals surface area contributed by atoms with Crippen LogP contribution in [0.25, 0.3) is 0 Å². The standard InChI is InChI=1S/C14H18BrNO2/c1-10-6-7-16(13(10)9-17)8-14(18)11-2-4-12(15)5-3-11/h2-5,10,13,17H,6-9H2,1H3. The number of nitrogens with zero attached hydrogens (tertiary/aromatic N) is 1. The Morgan fingerprint density at radius 2 is 2.11 bits per heavy atom. The van der Waals surface area contributed by atoms with Gasteiger partial charge in [0.2, 0.25) is 0 Å². The minimum absolute atomic E-state index is 0.120. The topological polar surface area (TPSA) is 40.5 Å². The molecule has 4 heteroatoms. The number of aliphatic hydroxyl groups is 1. The van der Waals surface area contributed by atoms with E-state index in [0.29, 0.717) is 12.5 Å². The van der Waals surface area contributed by atoms with E-state index in [9.17, 15) is 9.90 Å². The van der Waals surface area contributed by atoms with Crippen LogP contribution in [-0.4, -0.2) is 41.5 Å². The van der Waals surface area contributed by atoms with Gasteiger partial charge in [0.15, 0.2) is 5.78 Å². The van der Waals surface area contributed by atoms with Crippen LogP contribution < -0.4 is 0 Å². The predicted molar refractivity (Wildman–Crippen MR) is 74.7 cm³/mol. The van der Waals surface area contributed by atoms with Crippen molar-refractivity contribution in [1.29, 1.82) is 0 Å². The van der Waals surface area contributed by atoms with E-state index in [1.807, 2.05) is 24.3 Å². The van der Waals surface area contributed by atoms with Gasteiger partial charge in [-0.2, -0.15) is 0 Å². The second-order valence-electron chi connectivity index (χ2n) is 4.92. The molecule has 18 heavy (non-hydrogen) atoms. The van der Waals surface area contributed by atoms with Gasteiger partial charge in [0.25, 0.3) is 0 Å². The highest BCUT2D eigenvalue weighted by Gasteiger charge is 2.31. The van der Waals surface area contributed by atoms with Crippen LogP contribution in [0.5, 0.6) is 0 Å². The number of carbonyl (C=O) groups is 1. The number of ketones is 1. The van der Waals surface area contributed by atoms with Gasteiger partial charge in [-0.3, -0.25) is 9.69 Å². The normalized spacial score (nSPS) is 24.4. The lowest BCUT2D eigenvalue weighted by Gasteiger charge is -2.24. The first kappa shape index (κ1) is 13.7. The lowest BCUT2D eigenvalue weighted by Crippen LogP contribution is -2.38. The van der Waals surface area contributed by atoms with Crippen LogP contribution in [-0.2, 0) is 0 Å². The molecule has 1 aliphatic heterocycles. The van der Waals surface area contributed by atoms with E-state index in [0.717, 1.165) is 23.0 Å². The number of hydrogen-bond donors (Lipinski definition) is 1. The number of Topliss-reactive ketones (excluding diaryl/α,β-unsaturated/α-hetero) is 1. The van der Waals surface area contributed by atoms with Crippen LogP contribution >= 0.6 is 15.9 Å². The van der Waals surface area contributed by atoms with Gasteiger partial charge in [-0.1, -0.05) is 35.0 Å². The zero-order valence-electron chi connectivity index (χ0n) is 10.5. The van der Waals surface area contributed by atoms with Crippen molar-refractivity contribution in [1.82, 2.24) is 4.90 Å². The second kappa shape index (κ2) is 5.95. The highest BCUT2D eigenvalue weighted by Crippen LogP contribution is 2.23. The van der Waals surface area contributed by atoms with Crippen molar-refractivity contribution in [3.05, 3.63) is 34.3 Å². The molecule has 0 aliphatic carbocycles. The maximum Gasteiger partial charge on any atom is 0.176 e. The van der Waals surface area contributed by atoms with E-state index in [4.69, 9.17) is 0 Å². The average Bonchev–Trinajstić information content (AvgIpc) is 2.70. The van der Waals surface area contributed by atoms with Gasteiger partial charge in [0.05, 0.1) is 13.2 Å². The molecule has 1 N–H and O–H groups in total. The SMILES string of the molecule is CC1CCN(CC(=O)c2ccc(Br)cc2)C1CO. The number of carbonyl (C=O) groups excluding carboxylic acids is 1. The average molecular weight is 312 g/mol. The van der Waals surface area contributed by atoms with Crippen molar-refractivity contribution in [2.45, 2.75) is 19.4 Å². The number of likely N-dealkylation sites (tertiary alicyclic amines) is 1. The second-order valence-corrected chi connectivity index (χ2v) is 5.83. The van der Waals surface area contributed by atoms with Crippen molar-refractivity contribution in [2.24, 2.45) is 5.92 Å². The van der Waals surface area contributed by atoms with Crippen LogP contribution in [0.1, 0.15) is 23.7 Å². The van der Waals surface area contributed by atoms with Crippen LogP contribution in [0, 0.1) is 5.92 Å². The van der Waals surface area contributed by atoms with E-state index in [-0.39, 0.29) is 18.4 Å². The number of benzene rings is 1. The molecule has 1 aromatic carbocycles. The van der Waals surface area contributed by atoms with Gasteiger partial charge < -0.3 is 5.11 Å². The van der Waals surface area contributed by atoms with Crippen molar-refractivity contribution in [2.75, 3.05) is 19.7 Å². The Balaban J connectivity index is 2.01. The van der Waals surface area contributed by atoms with Gasteiger partial charge >= 0.3 is 0 Å². The molecule has 2 unspecified atom stereocenters. The van der Waals surface area contributed by atoms with E-state index < -0.39 is 0 Å². The summed E-state index contributed by atoms with van der Waals surface area (Å²) >= 11 is 3.36. The van der Waals surface area contributed by atoms with E-state index in [1.165, 1.54) is 0 Å². The Bertz CT molecular complexity index is 418. The number of halogens is 1. The monoisotopic (exact) mass is 311 g/mol. The molecular weight excluding hydrogens is 294 g/mol. The predicted octanol–water partition coefficient (Wildman–Crippen LogP) is 2.33. The fourth-order valence-electron chi connectivity index (χ4n) is 2.49. The molecule has 0 amide bonds. The van der Waals surface area contributed by atoms with Gasteiger partial charge in [0.1, 0.15) is 0 Å². The van der Waals surface area contributed by atoms with Crippen molar-refractivity contribution in [3.63, 3.8) is 0 Å². The lowest BCUT2D eigenvalue weighted by atomic mass is 10.0. The zero-order valence-corrected chi connectivity index (χ0v) is 12.1. The third-order valence-corrected chi connectivity index (χ3v) is 4.23. The molecule has 1 heterocycles. The van der Waals surface area contributed by atoms with Crippen molar-refractivity contribution in [3.8, 4) is 0 Å². The molecule has 3 nitrogen and oxygen atoms in total. The summed E-state index contributed by atoms with van der Waals surface area (Å²) in [5.74, 6) is 0.586. The van der Waals surface area contributed by atoms with E-state index >= 15 is 0 Å². The summed E-state index contributed by atoms with van der Waals surface area (Å²) in [7, 11) is 0. The van der Waals surface area contributed by atoms with Gasteiger partial charge in [0, 0.05) is 16.1 Å². The molecule has 1 aromatic rings. The van der Waals surface area contributed by atoms with Crippen LogP contribution in [0.15, 0.2) is 28.7 Å². The molecule has 0 spiro atoms. The Kier molecular flexibility index (Phi) is 4.54. The smallest absolute Gasteiger partial charge is 0.176 e. The van der Waals surface area contributed by atoms with Crippen LogP contribution in [0.3, 0.4) is 0 Å². The summed E-state index contributed by atoms with van der Waals surface area (Å²) in [6.07, 6.45) is 1.05. The summed E-state index contributed by atoms with van der Waals surface area (Å²) in [6.45, 7) is 3.56. The maximum absolute atomic E-state index is 12.1. The molecule has 2 atom stereocenters. The first-order chi connectivity index (χ1) is 8.61. The Morgan fingerprint density at radius 3 is 2.72 bits per heavy atom. The van der Waals surface area contributed by atoms with Crippen LogP contribution in [0.2, 0.25) is 0 Å². The molecule has 0 aromatic heterocycles. The minimum atomic E-state index is 0.120. The highest BCUT2D eigenvalue weighted by molar-refractivity contribution is 9.10. The molecule has 0 bridgehead atoms. The molecule has 98 valence electrons. The minimum Gasteiger partial charge on any atom is -0.395 e. The maximum atomic E-state index is 12.1. The molecule has 2 rings (SSSR count). The summed E-state index contributed by atoms with van der Waals surface area (Å²) < 4.78 is 0.974. The number of rotatable bonds is 4. The molecule has 0 saturated carbocycles. The Morgan fingerprint density at radius 1 is 1.44 bits per heavy atom. The summed E-state index contributed by atoms with van der Waals surface area (Å²) in [5, 5.41) is 9.37. The van der Waals surface area contributed by atoms with Crippen molar-refractivity contribution >= 4 is 21.7 Å². The molecular formula is C14H18BrNO2. The molecule has 1 fully saturated rings. The Hall–Kier alpha value is -0.710. The molecule has 1 saturated heterocycles. The third-order valence-electron chi connectivity index (χ3n) is 3.70. The van der Waals surface area contributed by atoms with Crippen LogP contribution in [0.4, 0.5) is 0 Å². The molecule has 0 radical (unpaired) electrons. The van der Waals surface area contributed by atoms with Gasteiger partial charge in [-0.15, -0.1) is 0 Å². The summed E-state index contributed by atoms with van der Waals surface area (Å²) in [5.41, 5.74) is 0.731. The quantitative estimate of drug-likeness (QED) is 0.868. The third kappa shape index (κ3) is 2.99.